The van der Waals surface area contributed by atoms with Crippen LogP contribution in [0.3, 0.4) is 0 Å². The number of aromatic nitrogens is 2. The molecular weight excluding hydrogens is 230 g/mol. The van der Waals surface area contributed by atoms with Gasteiger partial charge in [0.15, 0.2) is 5.82 Å². The maximum absolute atomic E-state index is 11.9. The van der Waals surface area contributed by atoms with Crippen LogP contribution in [-0.2, 0) is 11.3 Å². The van der Waals surface area contributed by atoms with E-state index in [1.807, 2.05) is 19.1 Å². The highest BCUT2D eigenvalue weighted by Gasteiger charge is 2.07. The van der Waals surface area contributed by atoms with Crippen molar-refractivity contribution in [3.8, 4) is 0 Å². The van der Waals surface area contributed by atoms with Crippen LogP contribution in [0.25, 0.3) is 0 Å². The number of methoxy groups -OCH3 is 1. The van der Waals surface area contributed by atoms with Crippen LogP contribution < -0.4 is 5.32 Å². The molecule has 0 radical (unpaired) electrons. The van der Waals surface area contributed by atoms with E-state index in [0.717, 1.165) is 11.3 Å². The lowest BCUT2D eigenvalue weighted by molar-refractivity contribution is 0.102. The van der Waals surface area contributed by atoms with Gasteiger partial charge in [-0.05, 0) is 24.6 Å². The second-order valence-electron chi connectivity index (χ2n) is 4.02. The highest BCUT2D eigenvalue weighted by molar-refractivity contribution is 6.03. The predicted molar refractivity (Wildman–Crippen MR) is 68.4 cm³/mol. The second-order valence-corrected chi connectivity index (χ2v) is 4.02. The van der Waals surface area contributed by atoms with Gasteiger partial charge in [0.05, 0.1) is 6.61 Å². The third-order valence-corrected chi connectivity index (χ3v) is 2.47. The van der Waals surface area contributed by atoms with Gasteiger partial charge in [-0.1, -0.05) is 12.1 Å². The molecule has 1 amide bonds. The average Bonchev–Trinajstić information content (AvgIpc) is 2.76. The summed E-state index contributed by atoms with van der Waals surface area (Å²) in [5.74, 6) is 0.351. The zero-order chi connectivity index (χ0) is 13.0. The molecule has 94 valence electrons. The maximum atomic E-state index is 11.9. The molecule has 1 heterocycles. The Morgan fingerprint density at radius 3 is 2.67 bits per heavy atom. The number of rotatable bonds is 4. The van der Waals surface area contributed by atoms with Crippen LogP contribution in [0.4, 0.5) is 5.82 Å². The van der Waals surface area contributed by atoms with Gasteiger partial charge in [0, 0.05) is 24.4 Å². The highest BCUT2D eigenvalue weighted by atomic mass is 16.5. The number of nitrogens with one attached hydrogen (secondary N) is 2. The first-order valence-electron chi connectivity index (χ1n) is 5.60. The number of benzene rings is 1. The van der Waals surface area contributed by atoms with Crippen molar-refractivity contribution in [2.75, 3.05) is 12.4 Å². The molecule has 0 bridgehead atoms. The number of carbonyl (C=O) groups is 1. The van der Waals surface area contributed by atoms with E-state index in [-0.39, 0.29) is 5.91 Å². The molecule has 2 aromatic rings. The fourth-order valence-corrected chi connectivity index (χ4v) is 1.59. The fraction of sp³-hybridized carbons (Fsp3) is 0.231. The van der Waals surface area contributed by atoms with Crippen LogP contribution >= 0.6 is 0 Å². The minimum Gasteiger partial charge on any atom is -0.380 e. The number of nitrogens with zero attached hydrogens (tertiary/aromatic N) is 1. The zero-order valence-electron chi connectivity index (χ0n) is 10.4. The van der Waals surface area contributed by atoms with Gasteiger partial charge in [-0.25, -0.2) is 0 Å². The first kappa shape index (κ1) is 12.3. The van der Waals surface area contributed by atoms with Crippen LogP contribution in [-0.4, -0.2) is 23.2 Å². The highest BCUT2D eigenvalue weighted by Crippen LogP contribution is 2.09. The van der Waals surface area contributed by atoms with Crippen molar-refractivity contribution in [2.45, 2.75) is 13.5 Å². The molecule has 0 aliphatic heterocycles. The molecule has 0 saturated heterocycles. The van der Waals surface area contributed by atoms with Crippen LogP contribution in [0.1, 0.15) is 21.6 Å². The van der Waals surface area contributed by atoms with Crippen molar-refractivity contribution in [2.24, 2.45) is 0 Å². The standard InChI is InChI=1S/C13H15N3O2/c1-9-7-12(16-15-9)14-13(17)11-5-3-10(4-6-11)8-18-2/h3-7H,8H2,1-2H3,(H2,14,15,16,17). The number of hydrogen-bond acceptors (Lipinski definition) is 3. The van der Waals surface area contributed by atoms with E-state index in [2.05, 4.69) is 15.5 Å². The van der Waals surface area contributed by atoms with Crippen LogP contribution in [0, 0.1) is 6.92 Å². The van der Waals surface area contributed by atoms with E-state index < -0.39 is 0 Å². The van der Waals surface area contributed by atoms with Crippen LogP contribution in [0.5, 0.6) is 0 Å². The van der Waals surface area contributed by atoms with Gasteiger partial charge in [0.1, 0.15) is 0 Å². The topological polar surface area (TPSA) is 67.0 Å². The van der Waals surface area contributed by atoms with Crippen molar-refractivity contribution < 1.29 is 9.53 Å². The lowest BCUT2D eigenvalue weighted by Gasteiger charge is -2.03. The minimum atomic E-state index is -0.175. The molecule has 2 N–H and O–H groups in total. The van der Waals surface area contributed by atoms with Gasteiger partial charge in [-0.15, -0.1) is 0 Å². The zero-order valence-corrected chi connectivity index (χ0v) is 10.4. The Bertz CT molecular complexity index is 531. The van der Waals surface area contributed by atoms with E-state index in [1.165, 1.54) is 0 Å². The molecule has 0 atom stereocenters. The lowest BCUT2D eigenvalue weighted by atomic mass is 10.1. The molecule has 0 saturated carbocycles. The Labute approximate surface area is 105 Å². The molecule has 2 rings (SSSR count). The molecule has 5 nitrogen and oxygen atoms in total. The predicted octanol–water partition coefficient (Wildman–Crippen LogP) is 2.12. The molecule has 0 fully saturated rings. The van der Waals surface area contributed by atoms with Crippen molar-refractivity contribution in [1.82, 2.24) is 10.2 Å². The molecule has 1 aromatic carbocycles. The summed E-state index contributed by atoms with van der Waals surface area (Å²) in [4.78, 5) is 11.9. The summed E-state index contributed by atoms with van der Waals surface area (Å²) in [6.45, 7) is 2.42. The van der Waals surface area contributed by atoms with E-state index in [1.54, 1.807) is 25.3 Å². The Balaban J connectivity index is 2.04. The Morgan fingerprint density at radius 1 is 1.39 bits per heavy atom. The first-order valence-corrected chi connectivity index (χ1v) is 5.60. The van der Waals surface area contributed by atoms with Gasteiger partial charge in [-0.2, -0.15) is 5.10 Å². The van der Waals surface area contributed by atoms with Crippen LogP contribution in [0.2, 0.25) is 0 Å². The number of H-pyrrole nitrogens is 1. The Morgan fingerprint density at radius 2 is 2.11 bits per heavy atom. The number of aryl methyl sites for hydroxylation is 1. The van der Waals surface area contributed by atoms with Crippen molar-refractivity contribution in [3.63, 3.8) is 0 Å². The van der Waals surface area contributed by atoms with Crippen molar-refractivity contribution in [1.29, 1.82) is 0 Å². The molecule has 0 spiro atoms. The summed E-state index contributed by atoms with van der Waals surface area (Å²) >= 11 is 0. The molecule has 5 heteroatoms. The SMILES string of the molecule is COCc1ccc(C(=O)Nc2cc(C)[nH]n2)cc1. The third-order valence-electron chi connectivity index (χ3n) is 2.47. The van der Waals surface area contributed by atoms with E-state index >= 15 is 0 Å². The quantitative estimate of drug-likeness (QED) is 0.867. The van der Waals surface area contributed by atoms with Crippen molar-refractivity contribution >= 4 is 11.7 Å². The van der Waals surface area contributed by atoms with Gasteiger partial charge >= 0.3 is 0 Å². The number of anilines is 1. The molecule has 0 aliphatic carbocycles. The van der Waals surface area contributed by atoms with E-state index in [4.69, 9.17) is 4.74 Å². The smallest absolute Gasteiger partial charge is 0.256 e. The average molecular weight is 245 g/mol. The molecule has 0 unspecified atom stereocenters. The lowest BCUT2D eigenvalue weighted by Crippen LogP contribution is -2.12. The summed E-state index contributed by atoms with van der Waals surface area (Å²) in [6, 6.07) is 9.05. The van der Waals surface area contributed by atoms with Gasteiger partial charge < -0.3 is 10.1 Å². The number of hydrogen-bond donors (Lipinski definition) is 2. The number of aromatic amines is 1. The molecule has 1 aromatic heterocycles. The first-order chi connectivity index (χ1) is 8.69. The molecule has 0 aliphatic rings. The van der Waals surface area contributed by atoms with Crippen molar-refractivity contribution in [3.05, 3.63) is 47.2 Å². The summed E-state index contributed by atoms with van der Waals surface area (Å²) in [5.41, 5.74) is 2.53. The fourth-order valence-electron chi connectivity index (χ4n) is 1.59. The third kappa shape index (κ3) is 2.95. The number of carbonyl (C=O) groups excluding carboxylic acids is 1. The van der Waals surface area contributed by atoms with E-state index in [0.29, 0.717) is 18.0 Å². The second kappa shape index (κ2) is 5.46. The number of amides is 1. The molecular formula is C13H15N3O2. The summed E-state index contributed by atoms with van der Waals surface area (Å²) in [5, 5.41) is 9.44. The normalized spacial score (nSPS) is 10.3. The Kier molecular flexibility index (Phi) is 3.74. The number of ether oxygens (including phenoxy) is 1. The van der Waals surface area contributed by atoms with Gasteiger partial charge in [0.25, 0.3) is 5.91 Å². The maximum Gasteiger partial charge on any atom is 0.256 e. The summed E-state index contributed by atoms with van der Waals surface area (Å²) in [7, 11) is 1.64. The molecule has 18 heavy (non-hydrogen) atoms. The van der Waals surface area contributed by atoms with Gasteiger partial charge in [-0.3, -0.25) is 9.89 Å². The van der Waals surface area contributed by atoms with E-state index in [9.17, 15) is 4.79 Å². The monoisotopic (exact) mass is 245 g/mol. The largest absolute Gasteiger partial charge is 0.380 e. The summed E-state index contributed by atoms with van der Waals surface area (Å²) in [6.07, 6.45) is 0. The van der Waals surface area contributed by atoms with Crippen LogP contribution in [0.15, 0.2) is 30.3 Å². The minimum absolute atomic E-state index is 0.175. The van der Waals surface area contributed by atoms with Gasteiger partial charge in [0.2, 0.25) is 0 Å². The summed E-state index contributed by atoms with van der Waals surface area (Å²) < 4.78 is 5.01. The Hall–Kier alpha value is -2.14.